The van der Waals surface area contributed by atoms with E-state index in [1.54, 1.807) is 6.20 Å². The quantitative estimate of drug-likeness (QED) is 0.861. The average Bonchev–Trinajstić information content (AvgIpc) is 2.95. The molecule has 1 heterocycles. The fraction of sp³-hybridized carbons (Fsp3) is 0.692. The summed E-state index contributed by atoms with van der Waals surface area (Å²) in [5, 5.41) is 7.70. The zero-order valence-corrected chi connectivity index (χ0v) is 13.1. The van der Waals surface area contributed by atoms with Gasteiger partial charge in [-0.1, -0.05) is 0 Å². The maximum absolute atomic E-state index is 12.1. The lowest BCUT2D eigenvalue weighted by Gasteiger charge is -2.30. The van der Waals surface area contributed by atoms with Crippen LogP contribution in [0.3, 0.4) is 0 Å². The number of nitrogens with one attached hydrogen (secondary N) is 1. The van der Waals surface area contributed by atoms with Crippen LogP contribution < -0.4 is 5.32 Å². The molecule has 2 atom stereocenters. The number of aromatic nitrogens is 2. The smallest absolute Gasteiger partial charge is 0.326 e. The Balaban J connectivity index is 2.17. The Morgan fingerprint density at radius 3 is 2.95 bits per heavy atom. The summed E-state index contributed by atoms with van der Waals surface area (Å²) in [5.74, 6) is -0.171. The van der Waals surface area contributed by atoms with Gasteiger partial charge in [0, 0.05) is 12.2 Å². The second-order valence-electron chi connectivity index (χ2n) is 5.41. The minimum absolute atomic E-state index is 0.171. The van der Waals surface area contributed by atoms with Gasteiger partial charge in [0.25, 0.3) is 0 Å². The maximum Gasteiger partial charge on any atom is 0.326 e. The van der Waals surface area contributed by atoms with Gasteiger partial charge in [-0.2, -0.15) is 5.10 Å². The van der Waals surface area contributed by atoms with Crippen molar-refractivity contribution in [2.45, 2.75) is 50.7 Å². The van der Waals surface area contributed by atoms with Gasteiger partial charge in [-0.15, -0.1) is 0 Å². The number of carbonyl (C=O) groups is 1. The molecule has 2 rings (SSSR count). The standard InChI is InChI=1S/C13H20BrN3O2/c1-9(2)16-13(12(18)19-3)5-4-11(6-13)17-8-10(14)7-15-17/h7-9,11,16H,4-6H2,1-3H3. The van der Waals surface area contributed by atoms with Crippen molar-refractivity contribution in [1.29, 1.82) is 0 Å². The van der Waals surface area contributed by atoms with Crippen LogP contribution in [-0.4, -0.2) is 34.4 Å². The molecule has 0 aliphatic heterocycles. The number of halogens is 1. The van der Waals surface area contributed by atoms with E-state index in [2.05, 4.69) is 26.3 Å². The molecule has 106 valence electrons. The molecule has 5 nitrogen and oxygen atoms in total. The highest BCUT2D eigenvalue weighted by molar-refractivity contribution is 9.10. The Morgan fingerprint density at radius 2 is 2.42 bits per heavy atom. The molecule has 1 saturated carbocycles. The van der Waals surface area contributed by atoms with Crippen molar-refractivity contribution in [2.75, 3.05) is 7.11 Å². The van der Waals surface area contributed by atoms with Crippen LogP contribution in [0.2, 0.25) is 0 Å². The Morgan fingerprint density at radius 1 is 1.68 bits per heavy atom. The van der Waals surface area contributed by atoms with Crippen LogP contribution in [0.15, 0.2) is 16.9 Å². The summed E-state index contributed by atoms with van der Waals surface area (Å²) in [7, 11) is 1.45. The molecular weight excluding hydrogens is 310 g/mol. The van der Waals surface area contributed by atoms with Gasteiger partial charge in [0.2, 0.25) is 0 Å². The molecule has 0 saturated heterocycles. The Bertz CT molecular complexity index is 460. The summed E-state index contributed by atoms with van der Waals surface area (Å²) >= 11 is 3.40. The fourth-order valence-corrected chi connectivity index (χ4v) is 3.18. The van der Waals surface area contributed by atoms with E-state index >= 15 is 0 Å². The summed E-state index contributed by atoms with van der Waals surface area (Å²) in [4.78, 5) is 12.1. The van der Waals surface area contributed by atoms with Crippen molar-refractivity contribution in [3.63, 3.8) is 0 Å². The molecule has 0 aromatic carbocycles. The molecule has 0 spiro atoms. The number of ether oxygens (including phenoxy) is 1. The Labute approximate surface area is 121 Å². The lowest BCUT2D eigenvalue weighted by molar-refractivity contribution is -0.148. The molecule has 1 aromatic rings. The van der Waals surface area contributed by atoms with Crippen molar-refractivity contribution in [1.82, 2.24) is 15.1 Å². The fourth-order valence-electron chi connectivity index (χ4n) is 2.88. The first-order valence-electron chi connectivity index (χ1n) is 6.52. The van der Waals surface area contributed by atoms with Crippen LogP contribution in [-0.2, 0) is 9.53 Å². The number of methoxy groups -OCH3 is 1. The third-order valence-electron chi connectivity index (χ3n) is 3.57. The van der Waals surface area contributed by atoms with E-state index < -0.39 is 5.54 Å². The van der Waals surface area contributed by atoms with Gasteiger partial charge < -0.3 is 4.74 Å². The molecule has 0 radical (unpaired) electrons. The van der Waals surface area contributed by atoms with Crippen LogP contribution in [0.5, 0.6) is 0 Å². The lowest BCUT2D eigenvalue weighted by atomic mass is 9.96. The minimum atomic E-state index is -0.577. The number of rotatable bonds is 4. The van der Waals surface area contributed by atoms with Crippen LogP contribution in [0, 0.1) is 0 Å². The summed E-state index contributed by atoms with van der Waals surface area (Å²) in [6.45, 7) is 4.09. The molecule has 1 aromatic heterocycles. The summed E-state index contributed by atoms with van der Waals surface area (Å²) in [6, 6.07) is 0.471. The summed E-state index contributed by atoms with van der Waals surface area (Å²) in [6.07, 6.45) is 6.14. The number of nitrogens with zero attached hydrogens (tertiary/aromatic N) is 2. The monoisotopic (exact) mass is 329 g/mol. The zero-order valence-electron chi connectivity index (χ0n) is 11.5. The van der Waals surface area contributed by atoms with E-state index in [-0.39, 0.29) is 18.1 Å². The molecule has 1 fully saturated rings. The van der Waals surface area contributed by atoms with Crippen molar-refractivity contribution in [3.8, 4) is 0 Å². The maximum atomic E-state index is 12.1. The first-order valence-corrected chi connectivity index (χ1v) is 7.32. The number of hydrogen-bond acceptors (Lipinski definition) is 4. The van der Waals surface area contributed by atoms with Gasteiger partial charge >= 0.3 is 5.97 Å². The predicted octanol–water partition coefficient (Wildman–Crippen LogP) is 2.28. The first kappa shape index (κ1) is 14.5. The van der Waals surface area contributed by atoms with E-state index in [9.17, 15) is 4.79 Å². The molecule has 1 aliphatic carbocycles. The van der Waals surface area contributed by atoms with Crippen LogP contribution in [0.25, 0.3) is 0 Å². The molecule has 19 heavy (non-hydrogen) atoms. The zero-order chi connectivity index (χ0) is 14.0. The van der Waals surface area contributed by atoms with Crippen molar-refractivity contribution in [3.05, 3.63) is 16.9 Å². The number of carbonyl (C=O) groups excluding carboxylic acids is 1. The molecule has 0 amide bonds. The molecule has 1 N–H and O–H groups in total. The molecule has 1 aliphatic rings. The Hall–Kier alpha value is -0.880. The third-order valence-corrected chi connectivity index (χ3v) is 3.98. The minimum Gasteiger partial charge on any atom is -0.468 e. The van der Waals surface area contributed by atoms with Gasteiger partial charge in [0.05, 0.1) is 23.8 Å². The molecule has 0 bridgehead atoms. The van der Waals surface area contributed by atoms with Crippen molar-refractivity contribution >= 4 is 21.9 Å². The van der Waals surface area contributed by atoms with Crippen molar-refractivity contribution < 1.29 is 9.53 Å². The molecule has 2 unspecified atom stereocenters. The summed E-state index contributed by atoms with van der Waals surface area (Å²) in [5.41, 5.74) is -0.577. The first-order chi connectivity index (χ1) is 8.97. The van der Waals surface area contributed by atoms with E-state index in [0.717, 1.165) is 17.3 Å². The van der Waals surface area contributed by atoms with Gasteiger partial charge in [0.1, 0.15) is 5.54 Å². The lowest BCUT2D eigenvalue weighted by Crippen LogP contribution is -2.53. The highest BCUT2D eigenvalue weighted by Crippen LogP contribution is 2.39. The molecular formula is C13H20BrN3O2. The van der Waals surface area contributed by atoms with Gasteiger partial charge in [-0.25, -0.2) is 0 Å². The second-order valence-corrected chi connectivity index (χ2v) is 6.32. The normalized spacial score (nSPS) is 26.9. The number of hydrogen-bond donors (Lipinski definition) is 1. The van der Waals surface area contributed by atoms with Crippen molar-refractivity contribution in [2.24, 2.45) is 0 Å². The van der Waals surface area contributed by atoms with Gasteiger partial charge in [0.15, 0.2) is 0 Å². The highest BCUT2D eigenvalue weighted by atomic mass is 79.9. The van der Waals surface area contributed by atoms with E-state index in [1.165, 1.54) is 7.11 Å². The highest BCUT2D eigenvalue weighted by Gasteiger charge is 2.47. The van der Waals surface area contributed by atoms with Crippen LogP contribution in [0.1, 0.15) is 39.2 Å². The topological polar surface area (TPSA) is 56.1 Å². The average molecular weight is 330 g/mol. The van der Waals surface area contributed by atoms with E-state index in [0.29, 0.717) is 6.42 Å². The largest absolute Gasteiger partial charge is 0.468 e. The SMILES string of the molecule is COC(=O)C1(NC(C)C)CCC(n2cc(Br)cn2)C1. The number of esters is 1. The van der Waals surface area contributed by atoms with Crippen LogP contribution in [0.4, 0.5) is 0 Å². The van der Waals surface area contributed by atoms with Gasteiger partial charge in [-0.05, 0) is 49.0 Å². The van der Waals surface area contributed by atoms with E-state index in [1.807, 2.05) is 24.7 Å². The summed E-state index contributed by atoms with van der Waals surface area (Å²) < 4.78 is 7.87. The van der Waals surface area contributed by atoms with E-state index in [4.69, 9.17) is 4.74 Å². The third kappa shape index (κ3) is 3.00. The predicted molar refractivity (Wildman–Crippen MR) is 75.8 cm³/mol. The second kappa shape index (κ2) is 5.63. The van der Waals surface area contributed by atoms with Gasteiger partial charge in [-0.3, -0.25) is 14.8 Å². The Kier molecular flexibility index (Phi) is 4.30. The van der Waals surface area contributed by atoms with Crippen LogP contribution >= 0.6 is 15.9 Å². The molecule has 6 heteroatoms.